The van der Waals surface area contributed by atoms with Crippen LogP contribution in [0.15, 0.2) is 30.5 Å². The minimum Gasteiger partial charge on any atom is -0.468 e. The van der Waals surface area contributed by atoms with Crippen molar-refractivity contribution in [3.8, 4) is 0 Å². The molecule has 1 heterocycles. The number of rotatable bonds is 2. The van der Waals surface area contributed by atoms with Crippen molar-refractivity contribution in [3.05, 3.63) is 46.9 Å². The van der Waals surface area contributed by atoms with Crippen LogP contribution in [-0.4, -0.2) is 18.2 Å². The monoisotopic (exact) mass is 314 g/mol. The van der Waals surface area contributed by atoms with Gasteiger partial charge in [0.1, 0.15) is 11.7 Å². The second kappa shape index (κ2) is 5.76. The van der Waals surface area contributed by atoms with Crippen LogP contribution in [0.25, 0.3) is 0 Å². The fraction of sp³-hybridized carbons (Fsp3) is 0.231. The molecular weight excluding hydrogens is 303 g/mol. The van der Waals surface area contributed by atoms with Gasteiger partial charge in [-0.15, -0.1) is 0 Å². The summed E-state index contributed by atoms with van der Waals surface area (Å²) in [4.78, 5) is 11.9. The number of benzene rings is 1. The molecule has 0 radical (unpaired) electrons. The first-order valence-electron chi connectivity index (χ1n) is 5.73. The molecule has 7 heteroatoms. The number of carbonyl (C=O) groups excluding carboxylic acids is 1. The zero-order chi connectivity index (χ0) is 14.9. The lowest BCUT2D eigenvalue weighted by molar-refractivity contribution is -0.145. The number of esters is 1. The van der Waals surface area contributed by atoms with Gasteiger partial charge < -0.3 is 15.4 Å². The zero-order valence-corrected chi connectivity index (χ0v) is 12.1. The van der Waals surface area contributed by atoms with Gasteiger partial charge in [-0.2, -0.15) is 0 Å². The largest absolute Gasteiger partial charge is 0.468 e. The van der Waals surface area contributed by atoms with Gasteiger partial charge in [0.2, 0.25) is 0 Å². The summed E-state index contributed by atoms with van der Waals surface area (Å²) in [7, 11) is 1.25. The van der Waals surface area contributed by atoms with E-state index in [9.17, 15) is 9.18 Å². The van der Waals surface area contributed by atoms with Crippen LogP contribution in [0.1, 0.15) is 11.6 Å². The maximum absolute atomic E-state index is 14.1. The topological polar surface area (TPSA) is 50.4 Å². The smallest absolute Gasteiger partial charge is 0.317 e. The second-order valence-electron chi connectivity index (χ2n) is 4.24. The Morgan fingerprint density at radius 3 is 2.85 bits per heavy atom. The van der Waals surface area contributed by atoms with E-state index >= 15 is 0 Å². The molecule has 0 bridgehead atoms. The Hall–Kier alpha value is -1.66. The first-order valence-corrected chi connectivity index (χ1v) is 6.52. The van der Waals surface area contributed by atoms with Gasteiger partial charge in [0.25, 0.3) is 0 Å². The van der Waals surface area contributed by atoms with E-state index in [2.05, 4.69) is 17.2 Å². The fourth-order valence-electron chi connectivity index (χ4n) is 2.14. The van der Waals surface area contributed by atoms with E-state index in [4.69, 9.17) is 28.6 Å². The predicted molar refractivity (Wildman–Crippen MR) is 77.7 cm³/mol. The van der Waals surface area contributed by atoms with Gasteiger partial charge in [-0.3, -0.25) is 4.79 Å². The Bertz CT molecular complexity index is 573. The van der Waals surface area contributed by atoms with Gasteiger partial charge in [0.05, 0.1) is 13.2 Å². The molecule has 2 N–H and O–H groups in total. The molecule has 0 aliphatic carbocycles. The first kappa shape index (κ1) is 14.7. The van der Waals surface area contributed by atoms with E-state index in [1.54, 1.807) is 6.07 Å². The Labute approximate surface area is 125 Å². The van der Waals surface area contributed by atoms with E-state index < -0.39 is 23.7 Å². The van der Waals surface area contributed by atoms with Gasteiger partial charge in [0.15, 0.2) is 5.11 Å². The van der Waals surface area contributed by atoms with Gasteiger partial charge >= 0.3 is 5.97 Å². The molecule has 0 spiro atoms. The van der Waals surface area contributed by atoms with Crippen LogP contribution in [0, 0.1) is 11.7 Å². The maximum atomic E-state index is 14.1. The highest BCUT2D eigenvalue weighted by atomic mass is 35.5. The van der Waals surface area contributed by atoms with Crippen LogP contribution in [0.3, 0.4) is 0 Å². The van der Waals surface area contributed by atoms with Crippen molar-refractivity contribution < 1.29 is 13.9 Å². The summed E-state index contributed by atoms with van der Waals surface area (Å²) in [6.45, 7) is 3.75. The van der Waals surface area contributed by atoms with E-state index in [0.29, 0.717) is 5.70 Å². The van der Waals surface area contributed by atoms with Crippen LogP contribution < -0.4 is 10.6 Å². The van der Waals surface area contributed by atoms with Crippen LogP contribution in [0.5, 0.6) is 0 Å². The van der Waals surface area contributed by atoms with Crippen LogP contribution in [-0.2, 0) is 9.53 Å². The molecule has 1 fully saturated rings. The summed E-state index contributed by atoms with van der Waals surface area (Å²) >= 11 is 11.1. The number of nitrogens with one attached hydrogen (secondary N) is 2. The second-order valence-corrected chi connectivity index (χ2v) is 5.05. The highest BCUT2D eigenvalue weighted by molar-refractivity contribution is 7.80. The third kappa shape index (κ3) is 2.62. The number of carbonyl (C=O) groups is 1. The lowest BCUT2D eigenvalue weighted by Crippen LogP contribution is -2.51. The molecule has 1 aliphatic heterocycles. The average Bonchev–Trinajstić information content (AvgIpc) is 2.37. The van der Waals surface area contributed by atoms with Gasteiger partial charge in [0, 0.05) is 16.3 Å². The molecule has 1 aromatic carbocycles. The third-order valence-electron chi connectivity index (χ3n) is 3.04. The minimum atomic E-state index is -0.832. The molecule has 0 saturated carbocycles. The Balaban J connectivity index is 2.52. The number of ether oxygens (including phenoxy) is 1. The molecule has 1 saturated heterocycles. The highest BCUT2D eigenvalue weighted by Crippen LogP contribution is 2.35. The quantitative estimate of drug-likeness (QED) is 0.648. The van der Waals surface area contributed by atoms with Gasteiger partial charge in [-0.05, 0) is 24.4 Å². The Morgan fingerprint density at radius 1 is 1.55 bits per heavy atom. The standard InChI is InChI=1S/C13H12ClFN2O2S/c1-6-9(12(18)19-2)11(17-13(20)16-6)10-7(14)4-3-5-8(10)15/h3-5,9,11H,1H2,2H3,(H2,16,17,20)/t9-,11-/m0/s1. The Kier molecular flexibility index (Phi) is 4.25. The molecular formula is C13H12ClFN2O2S. The van der Waals surface area contributed by atoms with Crippen molar-refractivity contribution in [2.75, 3.05) is 7.11 Å². The van der Waals surface area contributed by atoms with E-state index in [-0.39, 0.29) is 15.7 Å². The van der Waals surface area contributed by atoms with Crippen molar-refractivity contribution in [2.45, 2.75) is 6.04 Å². The maximum Gasteiger partial charge on any atom is 0.317 e. The fourth-order valence-corrected chi connectivity index (χ4v) is 2.68. The number of halogens is 2. The molecule has 2 atom stereocenters. The van der Waals surface area contributed by atoms with Crippen molar-refractivity contribution in [2.24, 2.45) is 5.92 Å². The summed E-state index contributed by atoms with van der Waals surface area (Å²) in [5.74, 6) is -1.91. The molecule has 4 nitrogen and oxygen atoms in total. The minimum absolute atomic E-state index is 0.162. The number of hydrogen-bond acceptors (Lipinski definition) is 3. The SMILES string of the molecule is C=C1NC(=S)N[C@H](c2c(F)cccc2Cl)[C@H]1C(=O)OC. The lowest BCUT2D eigenvalue weighted by Gasteiger charge is -2.35. The zero-order valence-electron chi connectivity index (χ0n) is 10.6. The highest BCUT2D eigenvalue weighted by Gasteiger charge is 2.39. The predicted octanol–water partition coefficient (Wildman–Crippen LogP) is 2.30. The summed E-state index contributed by atoms with van der Waals surface area (Å²) < 4.78 is 18.8. The summed E-state index contributed by atoms with van der Waals surface area (Å²) in [5, 5.41) is 6.04. The summed E-state index contributed by atoms with van der Waals surface area (Å²) in [6.07, 6.45) is 0. The van der Waals surface area contributed by atoms with Crippen LogP contribution in [0.4, 0.5) is 4.39 Å². The van der Waals surface area contributed by atoms with Crippen molar-refractivity contribution in [1.82, 2.24) is 10.6 Å². The number of thiocarbonyl (C=S) groups is 1. The average molecular weight is 315 g/mol. The molecule has 2 rings (SSSR count). The van der Waals surface area contributed by atoms with Gasteiger partial charge in [-0.25, -0.2) is 4.39 Å². The molecule has 0 aromatic heterocycles. The molecule has 0 unspecified atom stereocenters. The first-order chi connectivity index (χ1) is 9.45. The molecule has 0 amide bonds. The van der Waals surface area contributed by atoms with Gasteiger partial charge in [-0.1, -0.05) is 24.2 Å². The van der Waals surface area contributed by atoms with Crippen LogP contribution >= 0.6 is 23.8 Å². The molecule has 106 valence electrons. The lowest BCUT2D eigenvalue weighted by atomic mass is 9.89. The van der Waals surface area contributed by atoms with Crippen molar-refractivity contribution in [1.29, 1.82) is 0 Å². The van der Waals surface area contributed by atoms with Crippen LogP contribution in [0.2, 0.25) is 5.02 Å². The molecule has 1 aliphatic rings. The molecule has 1 aromatic rings. The molecule has 20 heavy (non-hydrogen) atoms. The summed E-state index contributed by atoms with van der Waals surface area (Å²) in [5.41, 5.74) is 0.500. The van der Waals surface area contributed by atoms with Crippen molar-refractivity contribution in [3.63, 3.8) is 0 Å². The third-order valence-corrected chi connectivity index (χ3v) is 3.58. The normalized spacial score (nSPS) is 21.9. The number of methoxy groups -OCH3 is 1. The Morgan fingerprint density at radius 2 is 2.25 bits per heavy atom. The van der Waals surface area contributed by atoms with E-state index in [1.807, 2.05) is 0 Å². The van der Waals surface area contributed by atoms with E-state index in [0.717, 1.165) is 0 Å². The number of hydrogen-bond donors (Lipinski definition) is 2. The van der Waals surface area contributed by atoms with Crippen molar-refractivity contribution >= 4 is 34.9 Å². The summed E-state index contributed by atoms with van der Waals surface area (Å²) in [6, 6.07) is 3.54. The van der Waals surface area contributed by atoms with E-state index in [1.165, 1.54) is 19.2 Å².